The van der Waals surface area contributed by atoms with Crippen LogP contribution in [0.1, 0.15) is 6.92 Å². The summed E-state index contributed by atoms with van der Waals surface area (Å²) in [6.45, 7) is 5.18. The molecule has 0 spiro atoms. The molecule has 0 radical (unpaired) electrons. The third-order valence-corrected chi connectivity index (χ3v) is 0.557. The molecule has 54 valence electrons. The first-order valence-corrected chi connectivity index (χ1v) is 2.23. The SMILES string of the molecule is C=C(OCC)C(=O)O.N. The van der Waals surface area contributed by atoms with E-state index in [0.717, 1.165) is 0 Å². The van der Waals surface area contributed by atoms with Crippen molar-refractivity contribution in [1.29, 1.82) is 0 Å². The number of rotatable bonds is 3. The lowest BCUT2D eigenvalue weighted by atomic mass is 10.6. The predicted molar refractivity (Wildman–Crippen MR) is 33.4 cm³/mol. The van der Waals surface area contributed by atoms with Crippen LogP contribution < -0.4 is 6.15 Å². The van der Waals surface area contributed by atoms with Gasteiger partial charge < -0.3 is 16.0 Å². The average molecular weight is 133 g/mol. The second-order valence-corrected chi connectivity index (χ2v) is 1.16. The first kappa shape index (κ1) is 10.9. The van der Waals surface area contributed by atoms with Crippen LogP contribution in [0, 0.1) is 0 Å². The molecule has 0 rings (SSSR count). The Hall–Kier alpha value is -1.03. The number of aliphatic carboxylic acids is 1. The normalized spacial score (nSPS) is 7.22. The summed E-state index contributed by atoms with van der Waals surface area (Å²) in [5.41, 5.74) is 0. The molecule has 0 unspecified atom stereocenters. The molecule has 0 heterocycles. The van der Waals surface area contributed by atoms with E-state index in [1.807, 2.05) is 0 Å². The van der Waals surface area contributed by atoms with Crippen molar-refractivity contribution in [2.24, 2.45) is 0 Å². The predicted octanol–water partition coefficient (Wildman–Crippen LogP) is 0.783. The Balaban J connectivity index is 0. The van der Waals surface area contributed by atoms with E-state index in [0.29, 0.717) is 6.61 Å². The number of hydrogen-bond donors (Lipinski definition) is 2. The van der Waals surface area contributed by atoms with Gasteiger partial charge in [0.2, 0.25) is 0 Å². The van der Waals surface area contributed by atoms with Crippen LogP contribution in [0.2, 0.25) is 0 Å². The Bertz CT molecular complexity index is 111. The Kier molecular flexibility index (Phi) is 6.17. The summed E-state index contributed by atoms with van der Waals surface area (Å²) in [4.78, 5) is 9.86. The largest absolute Gasteiger partial charge is 0.487 e. The molecule has 0 aliphatic carbocycles. The lowest BCUT2D eigenvalue weighted by molar-refractivity contribution is -0.136. The van der Waals surface area contributed by atoms with Crippen molar-refractivity contribution in [2.45, 2.75) is 6.92 Å². The topological polar surface area (TPSA) is 81.5 Å². The van der Waals surface area contributed by atoms with Gasteiger partial charge in [-0.25, -0.2) is 4.79 Å². The van der Waals surface area contributed by atoms with Gasteiger partial charge >= 0.3 is 5.97 Å². The van der Waals surface area contributed by atoms with Crippen LogP contribution in [0.25, 0.3) is 0 Å². The van der Waals surface area contributed by atoms with Crippen molar-refractivity contribution in [1.82, 2.24) is 6.15 Å². The van der Waals surface area contributed by atoms with Crippen LogP contribution >= 0.6 is 0 Å². The van der Waals surface area contributed by atoms with Crippen molar-refractivity contribution in [3.05, 3.63) is 12.3 Å². The Morgan fingerprint density at radius 1 is 1.78 bits per heavy atom. The molecule has 0 saturated heterocycles. The van der Waals surface area contributed by atoms with Crippen LogP contribution in [0.3, 0.4) is 0 Å². The quantitative estimate of drug-likeness (QED) is 0.440. The summed E-state index contributed by atoms with van der Waals surface area (Å²) in [7, 11) is 0. The van der Waals surface area contributed by atoms with Gasteiger partial charge in [-0.3, -0.25) is 0 Å². The molecule has 4 heteroatoms. The number of hydrogen-bond acceptors (Lipinski definition) is 3. The zero-order valence-corrected chi connectivity index (χ0v) is 5.39. The second kappa shape index (κ2) is 5.11. The minimum Gasteiger partial charge on any atom is -0.487 e. The van der Waals surface area contributed by atoms with E-state index < -0.39 is 5.97 Å². The minimum atomic E-state index is -1.10. The van der Waals surface area contributed by atoms with Gasteiger partial charge in [0.05, 0.1) is 6.61 Å². The summed E-state index contributed by atoms with van der Waals surface area (Å²) in [6, 6.07) is 0. The molecule has 0 aromatic carbocycles. The summed E-state index contributed by atoms with van der Waals surface area (Å²) >= 11 is 0. The first-order valence-electron chi connectivity index (χ1n) is 2.23. The van der Waals surface area contributed by atoms with E-state index in [1.54, 1.807) is 6.92 Å². The van der Waals surface area contributed by atoms with E-state index >= 15 is 0 Å². The molecule has 0 atom stereocenters. The number of carboxylic acids is 1. The van der Waals surface area contributed by atoms with Gasteiger partial charge in [0.1, 0.15) is 0 Å². The van der Waals surface area contributed by atoms with Crippen molar-refractivity contribution in [2.75, 3.05) is 6.61 Å². The van der Waals surface area contributed by atoms with Crippen molar-refractivity contribution in [3.8, 4) is 0 Å². The fraction of sp³-hybridized carbons (Fsp3) is 0.400. The van der Waals surface area contributed by atoms with Gasteiger partial charge in [0.15, 0.2) is 5.76 Å². The third-order valence-electron chi connectivity index (χ3n) is 0.557. The lowest BCUT2D eigenvalue weighted by Gasteiger charge is -1.97. The maximum atomic E-state index is 9.86. The van der Waals surface area contributed by atoms with Gasteiger partial charge in [0, 0.05) is 0 Å². The summed E-state index contributed by atoms with van der Waals surface area (Å²) in [6.07, 6.45) is 0. The molecule has 0 fully saturated rings. The van der Waals surface area contributed by atoms with E-state index in [2.05, 4.69) is 11.3 Å². The second-order valence-electron chi connectivity index (χ2n) is 1.16. The van der Waals surface area contributed by atoms with Gasteiger partial charge in [-0.2, -0.15) is 0 Å². The molecule has 4 N–H and O–H groups in total. The van der Waals surface area contributed by atoms with Gasteiger partial charge in [-0.1, -0.05) is 0 Å². The highest BCUT2D eigenvalue weighted by Gasteiger charge is 2.00. The van der Waals surface area contributed by atoms with E-state index in [9.17, 15) is 4.79 Å². The van der Waals surface area contributed by atoms with Gasteiger partial charge in [0.25, 0.3) is 0 Å². The van der Waals surface area contributed by atoms with E-state index in [-0.39, 0.29) is 11.9 Å². The molecule has 9 heavy (non-hydrogen) atoms. The molecular weight excluding hydrogens is 122 g/mol. The molecule has 0 aromatic heterocycles. The minimum absolute atomic E-state index is 0. The zero-order chi connectivity index (χ0) is 6.57. The molecule has 0 aliphatic rings. The fourth-order valence-electron chi connectivity index (χ4n) is 0.236. The molecular formula is C5H11NO3. The highest BCUT2D eigenvalue weighted by atomic mass is 16.5. The van der Waals surface area contributed by atoms with Crippen molar-refractivity contribution in [3.63, 3.8) is 0 Å². The monoisotopic (exact) mass is 133 g/mol. The molecule has 4 nitrogen and oxygen atoms in total. The smallest absolute Gasteiger partial charge is 0.370 e. The van der Waals surface area contributed by atoms with Crippen LogP contribution in [0.15, 0.2) is 12.3 Å². The average Bonchev–Trinajstić information content (AvgIpc) is 1.67. The molecule has 0 aliphatic heterocycles. The zero-order valence-electron chi connectivity index (χ0n) is 5.39. The standard InChI is InChI=1S/C5H8O3.H3N/c1-3-8-4(2)5(6)7;/h2-3H2,1H3,(H,6,7);1H3. The Labute approximate surface area is 53.7 Å². The third kappa shape index (κ3) is 4.83. The van der Waals surface area contributed by atoms with Crippen molar-refractivity contribution < 1.29 is 14.6 Å². The van der Waals surface area contributed by atoms with Crippen LogP contribution in [0.4, 0.5) is 0 Å². The Morgan fingerprint density at radius 2 is 2.22 bits per heavy atom. The maximum absolute atomic E-state index is 9.86. The lowest BCUT2D eigenvalue weighted by Crippen LogP contribution is -2.02. The molecule has 0 aromatic rings. The highest BCUT2D eigenvalue weighted by Crippen LogP contribution is 1.90. The van der Waals surface area contributed by atoms with Crippen LogP contribution in [-0.4, -0.2) is 17.7 Å². The number of ether oxygens (including phenoxy) is 1. The van der Waals surface area contributed by atoms with E-state index in [1.165, 1.54) is 0 Å². The number of carboxylic acid groups (broad SMARTS) is 1. The van der Waals surface area contributed by atoms with Gasteiger partial charge in [-0.15, -0.1) is 0 Å². The molecule has 0 saturated carbocycles. The Morgan fingerprint density at radius 3 is 2.33 bits per heavy atom. The molecule has 0 bridgehead atoms. The van der Waals surface area contributed by atoms with Crippen LogP contribution in [0.5, 0.6) is 0 Å². The van der Waals surface area contributed by atoms with E-state index in [4.69, 9.17) is 5.11 Å². The van der Waals surface area contributed by atoms with Crippen LogP contribution in [-0.2, 0) is 9.53 Å². The summed E-state index contributed by atoms with van der Waals surface area (Å²) in [5, 5.41) is 8.09. The number of carbonyl (C=O) groups is 1. The fourth-order valence-corrected chi connectivity index (χ4v) is 0.236. The molecule has 0 amide bonds. The van der Waals surface area contributed by atoms with Crippen molar-refractivity contribution >= 4 is 5.97 Å². The first-order chi connectivity index (χ1) is 3.68. The summed E-state index contributed by atoms with van der Waals surface area (Å²) < 4.78 is 4.51. The van der Waals surface area contributed by atoms with Gasteiger partial charge in [-0.05, 0) is 13.5 Å². The summed E-state index contributed by atoms with van der Waals surface area (Å²) in [5.74, 6) is -1.31. The maximum Gasteiger partial charge on any atom is 0.370 e. The highest BCUT2D eigenvalue weighted by molar-refractivity contribution is 5.83.